The molecule has 0 aliphatic heterocycles. The summed E-state index contributed by atoms with van der Waals surface area (Å²) in [6.45, 7) is 4.30. The van der Waals surface area contributed by atoms with Crippen LogP contribution in [0.4, 0.5) is 5.69 Å². The summed E-state index contributed by atoms with van der Waals surface area (Å²) in [5.41, 5.74) is 0.905. The van der Waals surface area contributed by atoms with Gasteiger partial charge in [0.15, 0.2) is 5.69 Å². The zero-order valence-electron chi connectivity index (χ0n) is 11.7. The molecule has 106 valence electrons. The molecule has 1 heterocycles. The highest BCUT2D eigenvalue weighted by atomic mass is 32.2. The molecule has 1 aromatic rings. The van der Waals surface area contributed by atoms with E-state index in [-0.39, 0.29) is 11.8 Å². The summed E-state index contributed by atoms with van der Waals surface area (Å²) in [6.07, 6.45) is 3.21. The van der Waals surface area contributed by atoms with E-state index in [1.54, 1.807) is 19.5 Å². The lowest BCUT2D eigenvalue weighted by atomic mass is 10.2. The minimum atomic E-state index is -0.920. The molecule has 1 rings (SSSR count). The van der Waals surface area contributed by atoms with Crippen molar-refractivity contribution in [2.24, 2.45) is 0 Å². The van der Waals surface area contributed by atoms with Crippen molar-refractivity contribution in [3.63, 3.8) is 0 Å². The van der Waals surface area contributed by atoms with Crippen LogP contribution in [0.1, 0.15) is 36.1 Å². The van der Waals surface area contributed by atoms with Gasteiger partial charge in [-0.1, -0.05) is 13.8 Å². The monoisotopic (exact) mass is 284 g/mol. The fraction of sp³-hybridized carbons (Fsp3) is 0.583. The Kier molecular flexibility index (Phi) is 5.88. The number of nitrogens with one attached hydrogen (secondary N) is 2. The molecule has 0 fully saturated rings. The highest BCUT2D eigenvalue weighted by Gasteiger charge is 2.15. The predicted octanol–water partition coefficient (Wildman–Crippen LogP) is 0.750. The normalized spacial score (nSPS) is 12.3. The van der Waals surface area contributed by atoms with E-state index in [0.29, 0.717) is 29.5 Å². The topological polar surface area (TPSA) is 84.0 Å². The van der Waals surface area contributed by atoms with Gasteiger partial charge in [-0.3, -0.25) is 9.00 Å². The molecule has 0 spiro atoms. The SMILES string of the molecule is CNc1cnc(C(C)C)nc1C(=O)NCCS(C)=O. The second-order valence-corrected chi connectivity index (χ2v) is 5.98. The first-order chi connectivity index (χ1) is 8.95. The van der Waals surface area contributed by atoms with Crippen molar-refractivity contribution in [3.05, 3.63) is 17.7 Å². The molecule has 1 atom stereocenters. The smallest absolute Gasteiger partial charge is 0.272 e. The van der Waals surface area contributed by atoms with Gasteiger partial charge in [0.1, 0.15) is 5.82 Å². The maximum Gasteiger partial charge on any atom is 0.272 e. The largest absolute Gasteiger partial charge is 0.385 e. The summed E-state index contributed by atoms with van der Waals surface area (Å²) in [4.78, 5) is 20.5. The lowest BCUT2D eigenvalue weighted by Gasteiger charge is -2.11. The van der Waals surface area contributed by atoms with Crippen LogP contribution in [0.2, 0.25) is 0 Å². The lowest BCUT2D eigenvalue weighted by molar-refractivity contribution is 0.0951. The Hall–Kier alpha value is -1.50. The van der Waals surface area contributed by atoms with Crippen LogP contribution >= 0.6 is 0 Å². The van der Waals surface area contributed by atoms with Gasteiger partial charge in [0.25, 0.3) is 5.91 Å². The second kappa shape index (κ2) is 7.18. The number of hydrogen-bond donors (Lipinski definition) is 2. The third-order valence-corrected chi connectivity index (χ3v) is 3.26. The first-order valence-electron chi connectivity index (χ1n) is 6.08. The van der Waals surface area contributed by atoms with E-state index >= 15 is 0 Å². The predicted molar refractivity (Wildman–Crippen MR) is 76.9 cm³/mol. The number of carbonyl (C=O) groups excluding carboxylic acids is 1. The van der Waals surface area contributed by atoms with E-state index in [9.17, 15) is 9.00 Å². The fourth-order valence-electron chi connectivity index (χ4n) is 1.42. The Bertz CT molecular complexity index is 477. The number of hydrogen-bond acceptors (Lipinski definition) is 5. The molecule has 1 unspecified atom stereocenters. The molecule has 0 saturated heterocycles. The van der Waals surface area contributed by atoms with Crippen molar-refractivity contribution in [1.29, 1.82) is 0 Å². The molecule has 1 amide bonds. The lowest BCUT2D eigenvalue weighted by Crippen LogP contribution is -2.29. The van der Waals surface area contributed by atoms with Crippen molar-refractivity contribution < 1.29 is 9.00 Å². The molecule has 2 N–H and O–H groups in total. The van der Waals surface area contributed by atoms with Gasteiger partial charge in [0.05, 0.1) is 11.9 Å². The van der Waals surface area contributed by atoms with Crippen LogP contribution in [0.5, 0.6) is 0 Å². The van der Waals surface area contributed by atoms with Gasteiger partial charge in [-0.2, -0.15) is 0 Å². The first-order valence-corrected chi connectivity index (χ1v) is 7.81. The first kappa shape index (κ1) is 15.6. The minimum Gasteiger partial charge on any atom is -0.385 e. The highest BCUT2D eigenvalue weighted by molar-refractivity contribution is 7.84. The van der Waals surface area contributed by atoms with Gasteiger partial charge in [0, 0.05) is 42.3 Å². The average molecular weight is 284 g/mol. The van der Waals surface area contributed by atoms with Crippen LogP contribution in [0.3, 0.4) is 0 Å². The molecule has 7 heteroatoms. The molecular formula is C12H20N4O2S. The van der Waals surface area contributed by atoms with Crippen LogP contribution in [0, 0.1) is 0 Å². The summed E-state index contributed by atoms with van der Waals surface area (Å²) in [7, 11) is 0.794. The van der Waals surface area contributed by atoms with Crippen LogP contribution < -0.4 is 10.6 Å². The maximum absolute atomic E-state index is 12.0. The van der Waals surface area contributed by atoms with Gasteiger partial charge in [0.2, 0.25) is 0 Å². The number of nitrogens with zero attached hydrogens (tertiary/aromatic N) is 2. The van der Waals surface area contributed by atoms with Crippen LogP contribution in [0.15, 0.2) is 6.20 Å². The molecule has 0 aromatic carbocycles. The Balaban J connectivity index is 2.86. The van der Waals surface area contributed by atoms with E-state index in [2.05, 4.69) is 20.6 Å². The van der Waals surface area contributed by atoms with Gasteiger partial charge in [-0.25, -0.2) is 9.97 Å². The van der Waals surface area contributed by atoms with Crippen LogP contribution in [-0.4, -0.2) is 45.7 Å². The third kappa shape index (κ3) is 4.59. The minimum absolute atomic E-state index is 0.153. The van der Waals surface area contributed by atoms with Crippen molar-refractivity contribution in [3.8, 4) is 0 Å². The number of amides is 1. The molecular weight excluding hydrogens is 264 g/mol. The molecule has 19 heavy (non-hydrogen) atoms. The second-order valence-electron chi connectivity index (χ2n) is 4.43. The number of carbonyl (C=O) groups is 1. The van der Waals surface area contributed by atoms with E-state index < -0.39 is 10.8 Å². The average Bonchev–Trinajstić information content (AvgIpc) is 2.37. The van der Waals surface area contributed by atoms with Crippen LogP contribution in [0.25, 0.3) is 0 Å². The zero-order valence-corrected chi connectivity index (χ0v) is 12.5. The third-order valence-electron chi connectivity index (χ3n) is 2.48. The van der Waals surface area contributed by atoms with Crippen molar-refractivity contribution in [1.82, 2.24) is 15.3 Å². The molecule has 0 saturated carbocycles. The summed E-state index contributed by atoms with van der Waals surface area (Å²) in [5, 5.41) is 5.60. The van der Waals surface area contributed by atoms with Gasteiger partial charge in [-0.15, -0.1) is 0 Å². The molecule has 0 aliphatic carbocycles. The standard InChI is InChI=1S/C12H20N4O2S/c1-8(2)11-15-7-9(13-3)10(16-11)12(17)14-5-6-19(4)18/h7-8,13H,5-6H2,1-4H3,(H,14,17). The van der Waals surface area contributed by atoms with Gasteiger partial charge in [-0.05, 0) is 0 Å². The Morgan fingerprint density at radius 3 is 2.68 bits per heavy atom. The molecule has 0 bridgehead atoms. The molecule has 0 radical (unpaired) electrons. The zero-order chi connectivity index (χ0) is 14.4. The summed E-state index contributed by atoms with van der Waals surface area (Å²) >= 11 is 0. The molecule has 1 aromatic heterocycles. The van der Waals surface area contributed by atoms with Gasteiger partial charge >= 0.3 is 0 Å². The van der Waals surface area contributed by atoms with Crippen molar-refractivity contribution in [2.45, 2.75) is 19.8 Å². The quantitative estimate of drug-likeness (QED) is 0.805. The Morgan fingerprint density at radius 1 is 1.47 bits per heavy atom. The molecule has 0 aliphatic rings. The van der Waals surface area contributed by atoms with Crippen LogP contribution in [-0.2, 0) is 10.8 Å². The number of aromatic nitrogens is 2. The van der Waals surface area contributed by atoms with E-state index in [4.69, 9.17) is 0 Å². The van der Waals surface area contributed by atoms with Crippen molar-refractivity contribution >= 4 is 22.4 Å². The van der Waals surface area contributed by atoms with E-state index in [0.717, 1.165) is 0 Å². The number of anilines is 1. The summed E-state index contributed by atoms with van der Waals surface area (Å²) in [6, 6.07) is 0. The summed E-state index contributed by atoms with van der Waals surface area (Å²) in [5.74, 6) is 0.936. The summed E-state index contributed by atoms with van der Waals surface area (Å²) < 4.78 is 11.0. The van der Waals surface area contributed by atoms with Crippen molar-refractivity contribution in [2.75, 3.05) is 30.9 Å². The Labute approximate surface area is 115 Å². The van der Waals surface area contributed by atoms with Gasteiger partial charge < -0.3 is 10.6 Å². The highest BCUT2D eigenvalue weighted by Crippen LogP contribution is 2.15. The van der Waals surface area contributed by atoms with E-state index in [1.807, 2.05) is 13.8 Å². The Morgan fingerprint density at radius 2 is 2.16 bits per heavy atom. The maximum atomic E-state index is 12.0. The van der Waals surface area contributed by atoms with E-state index in [1.165, 1.54) is 0 Å². The molecule has 6 nitrogen and oxygen atoms in total. The fourth-order valence-corrected chi connectivity index (χ4v) is 1.81. The number of rotatable bonds is 6.